The molecule has 0 bridgehead atoms. The van der Waals surface area contributed by atoms with Gasteiger partial charge in [-0.3, -0.25) is 0 Å². The summed E-state index contributed by atoms with van der Waals surface area (Å²) in [6.45, 7) is -1.36. The first-order valence-electron chi connectivity index (χ1n) is 6.13. The predicted octanol–water partition coefficient (Wildman–Crippen LogP) is 3.83. The number of rotatable bonds is 7. The van der Waals surface area contributed by atoms with Gasteiger partial charge in [0.25, 0.3) is 0 Å². The number of hydrogen-bond acceptors (Lipinski definition) is 3. The zero-order valence-corrected chi connectivity index (χ0v) is 13.1. The van der Waals surface area contributed by atoms with Gasteiger partial charge >= 0.3 is 6.18 Å². The number of methoxy groups -OCH3 is 1. The lowest BCUT2D eigenvalue weighted by Gasteiger charge is -2.20. The summed E-state index contributed by atoms with van der Waals surface area (Å²) in [6, 6.07) is 2.45. The van der Waals surface area contributed by atoms with Crippen molar-refractivity contribution in [3.05, 3.63) is 28.0 Å². The van der Waals surface area contributed by atoms with Gasteiger partial charge in [0.2, 0.25) is 0 Å². The Morgan fingerprint density at radius 1 is 1.33 bits per heavy atom. The molecule has 0 amide bonds. The van der Waals surface area contributed by atoms with E-state index in [1.54, 1.807) is 13.1 Å². The van der Waals surface area contributed by atoms with Crippen molar-refractivity contribution >= 4 is 15.9 Å². The van der Waals surface area contributed by atoms with E-state index in [1.165, 1.54) is 13.2 Å². The minimum absolute atomic E-state index is 0.0802. The Morgan fingerprint density at radius 3 is 2.52 bits per heavy atom. The molecule has 0 radical (unpaired) electrons. The highest BCUT2D eigenvalue weighted by atomic mass is 79.9. The van der Waals surface area contributed by atoms with Gasteiger partial charge in [0, 0.05) is 24.3 Å². The van der Waals surface area contributed by atoms with Crippen molar-refractivity contribution in [2.75, 3.05) is 27.4 Å². The van der Waals surface area contributed by atoms with Crippen LogP contribution in [0.3, 0.4) is 0 Å². The molecule has 0 aliphatic rings. The molecule has 1 N–H and O–H groups in total. The fourth-order valence-electron chi connectivity index (χ4n) is 1.84. The van der Waals surface area contributed by atoms with Crippen LogP contribution >= 0.6 is 15.9 Å². The molecule has 0 aliphatic carbocycles. The van der Waals surface area contributed by atoms with Gasteiger partial charge in [0.05, 0.1) is 11.6 Å². The quantitative estimate of drug-likeness (QED) is 0.582. The number of benzene rings is 1. The van der Waals surface area contributed by atoms with Gasteiger partial charge in [-0.25, -0.2) is 4.39 Å². The van der Waals surface area contributed by atoms with E-state index in [9.17, 15) is 17.6 Å². The topological polar surface area (TPSA) is 30.5 Å². The van der Waals surface area contributed by atoms with E-state index in [0.29, 0.717) is 17.7 Å². The lowest BCUT2D eigenvalue weighted by Crippen LogP contribution is -2.22. The summed E-state index contributed by atoms with van der Waals surface area (Å²) in [5.41, 5.74) is 0.642. The standard InChI is InChI=1S/C13H16BrF4NO2/c1-19-11(3-4-21-7-13(16,17)18)8-5-9(14)10(15)6-12(8)20-2/h5-6,11,19H,3-4,7H2,1-2H3. The van der Waals surface area contributed by atoms with Crippen molar-refractivity contribution in [3.63, 3.8) is 0 Å². The smallest absolute Gasteiger partial charge is 0.411 e. The molecule has 1 aromatic rings. The summed E-state index contributed by atoms with van der Waals surface area (Å²) in [5, 5.41) is 2.95. The van der Waals surface area contributed by atoms with E-state index >= 15 is 0 Å². The lowest BCUT2D eigenvalue weighted by atomic mass is 10.0. The van der Waals surface area contributed by atoms with E-state index in [0.717, 1.165) is 0 Å². The van der Waals surface area contributed by atoms with Crippen LogP contribution in [0.25, 0.3) is 0 Å². The van der Waals surface area contributed by atoms with Gasteiger partial charge in [0.15, 0.2) is 0 Å². The lowest BCUT2D eigenvalue weighted by molar-refractivity contribution is -0.174. The second-order valence-corrected chi connectivity index (χ2v) is 5.16. The van der Waals surface area contributed by atoms with Gasteiger partial charge < -0.3 is 14.8 Å². The second kappa shape index (κ2) is 7.95. The normalized spacial score (nSPS) is 13.3. The fourth-order valence-corrected chi connectivity index (χ4v) is 2.20. The summed E-state index contributed by atoms with van der Waals surface area (Å²) in [5.74, 6) is -0.148. The molecule has 0 aliphatic heterocycles. The fraction of sp³-hybridized carbons (Fsp3) is 0.538. The van der Waals surface area contributed by atoms with Crippen LogP contribution in [0.15, 0.2) is 16.6 Å². The van der Waals surface area contributed by atoms with Crippen molar-refractivity contribution in [3.8, 4) is 5.75 Å². The van der Waals surface area contributed by atoms with E-state index < -0.39 is 18.6 Å². The molecular weight excluding hydrogens is 358 g/mol. The Bertz CT molecular complexity index is 468. The third kappa shape index (κ3) is 5.80. The maximum atomic E-state index is 13.5. The molecule has 3 nitrogen and oxygen atoms in total. The summed E-state index contributed by atoms with van der Waals surface area (Å²) in [4.78, 5) is 0. The predicted molar refractivity (Wildman–Crippen MR) is 73.9 cm³/mol. The number of alkyl halides is 3. The van der Waals surface area contributed by atoms with Crippen LogP contribution in [-0.2, 0) is 4.74 Å². The molecule has 120 valence electrons. The highest BCUT2D eigenvalue weighted by Crippen LogP contribution is 2.32. The van der Waals surface area contributed by atoms with Crippen LogP contribution in [0, 0.1) is 5.82 Å². The van der Waals surface area contributed by atoms with Gasteiger partial charge in [-0.05, 0) is 35.5 Å². The van der Waals surface area contributed by atoms with Crippen molar-refractivity contribution in [2.45, 2.75) is 18.6 Å². The summed E-state index contributed by atoms with van der Waals surface area (Å²) in [7, 11) is 3.06. The number of halogens is 5. The average Bonchev–Trinajstić information content (AvgIpc) is 2.40. The molecular formula is C13H16BrF4NO2. The molecule has 8 heteroatoms. The number of hydrogen-bond donors (Lipinski definition) is 1. The SMILES string of the molecule is CNC(CCOCC(F)(F)F)c1cc(Br)c(F)cc1OC. The molecule has 0 aromatic heterocycles. The number of ether oxygens (including phenoxy) is 2. The highest BCUT2D eigenvalue weighted by molar-refractivity contribution is 9.10. The zero-order chi connectivity index (χ0) is 16.0. The summed E-state index contributed by atoms with van der Waals surface area (Å²) < 4.78 is 59.4. The third-order valence-electron chi connectivity index (χ3n) is 2.81. The Hall–Kier alpha value is -0.860. The largest absolute Gasteiger partial charge is 0.496 e. The maximum Gasteiger partial charge on any atom is 0.411 e. The van der Waals surface area contributed by atoms with Crippen molar-refractivity contribution in [1.82, 2.24) is 5.32 Å². The van der Waals surface area contributed by atoms with Crippen LogP contribution in [-0.4, -0.2) is 33.5 Å². The Morgan fingerprint density at radius 2 is 2.00 bits per heavy atom. The first-order chi connectivity index (χ1) is 9.78. The van der Waals surface area contributed by atoms with Gasteiger partial charge in [0.1, 0.15) is 18.2 Å². The van der Waals surface area contributed by atoms with E-state index in [4.69, 9.17) is 4.74 Å². The highest BCUT2D eigenvalue weighted by Gasteiger charge is 2.27. The second-order valence-electron chi connectivity index (χ2n) is 4.31. The monoisotopic (exact) mass is 373 g/mol. The molecule has 21 heavy (non-hydrogen) atoms. The Balaban J connectivity index is 2.74. The summed E-state index contributed by atoms with van der Waals surface area (Å²) in [6.07, 6.45) is -4.05. The zero-order valence-electron chi connectivity index (χ0n) is 11.6. The molecule has 1 rings (SSSR count). The minimum atomic E-state index is -4.34. The van der Waals surface area contributed by atoms with Crippen molar-refractivity contribution < 1.29 is 27.0 Å². The Kier molecular flexibility index (Phi) is 6.89. The van der Waals surface area contributed by atoms with E-state index in [2.05, 4.69) is 26.0 Å². The van der Waals surface area contributed by atoms with Crippen LogP contribution < -0.4 is 10.1 Å². The van der Waals surface area contributed by atoms with Crippen LogP contribution in [0.1, 0.15) is 18.0 Å². The molecule has 0 fully saturated rings. The molecule has 1 unspecified atom stereocenters. The molecule has 1 aromatic carbocycles. The molecule has 0 saturated carbocycles. The molecule has 1 atom stereocenters. The first kappa shape index (κ1) is 18.2. The van der Waals surface area contributed by atoms with Gasteiger partial charge in [-0.15, -0.1) is 0 Å². The van der Waals surface area contributed by atoms with E-state index in [-0.39, 0.29) is 17.1 Å². The van der Waals surface area contributed by atoms with Gasteiger partial charge in [-0.1, -0.05) is 0 Å². The van der Waals surface area contributed by atoms with Crippen molar-refractivity contribution in [2.24, 2.45) is 0 Å². The number of nitrogens with one attached hydrogen (secondary N) is 1. The minimum Gasteiger partial charge on any atom is -0.496 e. The molecule has 0 heterocycles. The summed E-state index contributed by atoms with van der Waals surface area (Å²) >= 11 is 3.08. The van der Waals surface area contributed by atoms with Crippen LogP contribution in [0.5, 0.6) is 5.75 Å². The Labute approximate surface area is 128 Å². The first-order valence-corrected chi connectivity index (χ1v) is 6.92. The van der Waals surface area contributed by atoms with Gasteiger partial charge in [-0.2, -0.15) is 13.2 Å². The van der Waals surface area contributed by atoms with Crippen LogP contribution in [0.2, 0.25) is 0 Å². The maximum absolute atomic E-state index is 13.5. The van der Waals surface area contributed by atoms with Crippen molar-refractivity contribution in [1.29, 1.82) is 0 Å². The molecule has 0 saturated heterocycles. The van der Waals surface area contributed by atoms with E-state index in [1.807, 2.05) is 0 Å². The van der Waals surface area contributed by atoms with Crippen LogP contribution in [0.4, 0.5) is 17.6 Å². The third-order valence-corrected chi connectivity index (χ3v) is 3.42. The molecule has 0 spiro atoms. The average molecular weight is 374 g/mol.